The normalized spacial score (nSPS) is 25.9. The molecule has 66 valence electrons. The Balaban J connectivity index is 2.04. The molecule has 3 heteroatoms. The van der Waals surface area contributed by atoms with Gasteiger partial charge in [0.05, 0.1) is 12.1 Å². The molecule has 0 spiro atoms. The fraction of sp³-hybridized carbons (Fsp3) is 0.556. The Labute approximate surface area is 71.9 Å². The maximum absolute atomic E-state index is 5.99. The first kappa shape index (κ1) is 7.83. The van der Waals surface area contributed by atoms with Crippen molar-refractivity contribution in [1.82, 2.24) is 4.98 Å². The molecule has 2 unspecified atom stereocenters. The topological polar surface area (TPSA) is 51.0 Å². The van der Waals surface area contributed by atoms with Crippen LogP contribution in [0.5, 0.6) is 0 Å². The number of nitrogens with one attached hydrogen (secondary N) is 1. The molecule has 2 rings (SSSR count). The first-order valence-corrected chi connectivity index (χ1v) is 4.38. The lowest BCUT2D eigenvalue weighted by molar-refractivity contribution is 0.0891. The fourth-order valence-corrected chi connectivity index (χ4v) is 1.64. The summed E-state index contributed by atoms with van der Waals surface area (Å²) >= 11 is 0. The lowest BCUT2D eigenvalue weighted by Gasteiger charge is -2.16. The molecule has 1 saturated heterocycles. The van der Waals surface area contributed by atoms with Gasteiger partial charge in [0.2, 0.25) is 0 Å². The second-order valence-electron chi connectivity index (χ2n) is 3.20. The van der Waals surface area contributed by atoms with E-state index in [1.165, 1.54) is 0 Å². The molecule has 1 aromatic rings. The van der Waals surface area contributed by atoms with E-state index < -0.39 is 0 Å². The summed E-state index contributed by atoms with van der Waals surface area (Å²) in [6.45, 7) is 0.860. The zero-order valence-electron chi connectivity index (χ0n) is 6.99. The second kappa shape index (κ2) is 3.29. The molecule has 1 aliphatic heterocycles. The van der Waals surface area contributed by atoms with Crippen molar-refractivity contribution in [2.24, 2.45) is 5.73 Å². The predicted molar refractivity (Wildman–Crippen MR) is 46.7 cm³/mol. The van der Waals surface area contributed by atoms with E-state index in [2.05, 4.69) is 4.98 Å². The third kappa shape index (κ3) is 1.38. The van der Waals surface area contributed by atoms with Crippen molar-refractivity contribution in [1.29, 1.82) is 0 Å². The lowest BCUT2D eigenvalue weighted by Crippen LogP contribution is -2.25. The smallest absolute Gasteiger partial charge is 0.0783 e. The maximum Gasteiger partial charge on any atom is 0.0783 e. The molecule has 0 aromatic carbocycles. The van der Waals surface area contributed by atoms with Crippen LogP contribution in [0.25, 0.3) is 0 Å². The summed E-state index contributed by atoms with van der Waals surface area (Å²) in [7, 11) is 0. The van der Waals surface area contributed by atoms with E-state index in [1.807, 2.05) is 18.3 Å². The van der Waals surface area contributed by atoms with Gasteiger partial charge < -0.3 is 15.5 Å². The van der Waals surface area contributed by atoms with E-state index in [4.69, 9.17) is 10.5 Å². The zero-order chi connectivity index (χ0) is 8.39. The minimum Gasteiger partial charge on any atom is -0.376 e. The third-order valence-electron chi connectivity index (χ3n) is 2.35. The van der Waals surface area contributed by atoms with Crippen LogP contribution in [0.3, 0.4) is 0 Å². The van der Waals surface area contributed by atoms with Crippen LogP contribution in [0.2, 0.25) is 0 Å². The lowest BCUT2D eigenvalue weighted by atomic mass is 10.1. The van der Waals surface area contributed by atoms with E-state index in [0.717, 1.165) is 25.1 Å². The summed E-state index contributed by atoms with van der Waals surface area (Å²) < 4.78 is 5.49. The van der Waals surface area contributed by atoms with Gasteiger partial charge in [0.1, 0.15) is 0 Å². The van der Waals surface area contributed by atoms with Crippen molar-refractivity contribution in [3.63, 3.8) is 0 Å². The molecule has 1 fully saturated rings. The van der Waals surface area contributed by atoms with Gasteiger partial charge in [0.15, 0.2) is 0 Å². The summed E-state index contributed by atoms with van der Waals surface area (Å²) in [5.41, 5.74) is 7.06. The first-order chi connectivity index (χ1) is 5.88. The molecule has 0 bridgehead atoms. The van der Waals surface area contributed by atoms with E-state index >= 15 is 0 Å². The molecule has 1 aromatic heterocycles. The highest BCUT2D eigenvalue weighted by Crippen LogP contribution is 2.23. The summed E-state index contributed by atoms with van der Waals surface area (Å²) in [6, 6.07) is 3.98. The Morgan fingerprint density at radius 1 is 1.67 bits per heavy atom. The largest absolute Gasteiger partial charge is 0.376 e. The molecular formula is C9H14N2O. The summed E-state index contributed by atoms with van der Waals surface area (Å²) in [6.07, 6.45) is 4.33. The van der Waals surface area contributed by atoms with Gasteiger partial charge in [-0.2, -0.15) is 0 Å². The molecule has 12 heavy (non-hydrogen) atoms. The minimum absolute atomic E-state index is 0.0162. The van der Waals surface area contributed by atoms with Crippen LogP contribution >= 0.6 is 0 Å². The number of aromatic amines is 1. The summed E-state index contributed by atoms with van der Waals surface area (Å²) in [4.78, 5) is 3.11. The van der Waals surface area contributed by atoms with Gasteiger partial charge in [-0.15, -0.1) is 0 Å². The van der Waals surface area contributed by atoms with Crippen molar-refractivity contribution in [3.05, 3.63) is 24.0 Å². The van der Waals surface area contributed by atoms with Gasteiger partial charge in [0.25, 0.3) is 0 Å². The molecular weight excluding hydrogens is 152 g/mol. The van der Waals surface area contributed by atoms with Gasteiger partial charge >= 0.3 is 0 Å². The van der Waals surface area contributed by atoms with E-state index in [9.17, 15) is 0 Å². The van der Waals surface area contributed by atoms with Crippen LogP contribution in [0.15, 0.2) is 18.3 Å². The van der Waals surface area contributed by atoms with Crippen molar-refractivity contribution in [3.8, 4) is 0 Å². The van der Waals surface area contributed by atoms with Gasteiger partial charge in [-0.1, -0.05) is 0 Å². The van der Waals surface area contributed by atoms with Gasteiger partial charge in [-0.05, 0) is 25.0 Å². The van der Waals surface area contributed by atoms with Gasteiger partial charge in [-0.25, -0.2) is 0 Å². The van der Waals surface area contributed by atoms with Crippen LogP contribution in [-0.2, 0) is 4.74 Å². The number of aromatic nitrogens is 1. The highest BCUT2D eigenvalue weighted by Gasteiger charge is 2.24. The zero-order valence-corrected chi connectivity index (χ0v) is 6.99. The van der Waals surface area contributed by atoms with E-state index in [0.29, 0.717) is 0 Å². The molecule has 2 heterocycles. The average Bonchev–Trinajstić information content (AvgIpc) is 2.77. The SMILES string of the molecule is NC(c1ccc[nH]1)C1CCCO1. The molecule has 2 atom stereocenters. The maximum atomic E-state index is 5.99. The van der Waals surface area contributed by atoms with Crippen molar-refractivity contribution in [2.45, 2.75) is 25.0 Å². The highest BCUT2D eigenvalue weighted by atomic mass is 16.5. The standard InChI is InChI=1S/C9H14N2O/c10-9(7-3-1-5-11-7)8-4-2-6-12-8/h1,3,5,8-9,11H,2,4,6,10H2. The van der Waals surface area contributed by atoms with Crippen LogP contribution in [0.4, 0.5) is 0 Å². The van der Waals surface area contributed by atoms with E-state index in [-0.39, 0.29) is 12.1 Å². The first-order valence-electron chi connectivity index (χ1n) is 4.38. The third-order valence-corrected chi connectivity index (χ3v) is 2.35. The van der Waals surface area contributed by atoms with Crippen LogP contribution in [0.1, 0.15) is 24.6 Å². The van der Waals surface area contributed by atoms with Gasteiger partial charge in [-0.3, -0.25) is 0 Å². The molecule has 0 saturated carbocycles. The summed E-state index contributed by atoms with van der Waals surface area (Å²) in [5, 5.41) is 0. The number of nitrogens with two attached hydrogens (primary N) is 1. The Morgan fingerprint density at radius 2 is 2.58 bits per heavy atom. The Kier molecular flexibility index (Phi) is 2.15. The average molecular weight is 166 g/mol. The number of ether oxygens (including phenoxy) is 1. The fourth-order valence-electron chi connectivity index (χ4n) is 1.64. The molecule has 1 aliphatic rings. The molecule has 0 amide bonds. The van der Waals surface area contributed by atoms with Crippen LogP contribution in [0, 0.1) is 0 Å². The van der Waals surface area contributed by atoms with Gasteiger partial charge in [0, 0.05) is 18.5 Å². The van der Waals surface area contributed by atoms with Crippen molar-refractivity contribution < 1.29 is 4.74 Å². The number of H-pyrrole nitrogens is 1. The number of hydrogen-bond donors (Lipinski definition) is 2. The molecule has 3 nitrogen and oxygen atoms in total. The number of rotatable bonds is 2. The molecule has 3 N–H and O–H groups in total. The number of hydrogen-bond acceptors (Lipinski definition) is 2. The van der Waals surface area contributed by atoms with Crippen LogP contribution in [-0.4, -0.2) is 17.7 Å². The monoisotopic (exact) mass is 166 g/mol. The van der Waals surface area contributed by atoms with Crippen LogP contribution < -0.4 is 5.73 Å². The Hall–Kier alpha value is -0.800. The minimum atomic E-state index is 0.0162. The molecule has 0 radical (unpaired) electrons. The summed E-state index contributed by atoms with van der Waals surface area (Å²) in [5.74, 6) is 0. The Bertz CT molecular complexity index is 227. The van der Waals surface area contributed by atoms with Crippen molar-refractivity contribution in [2.75, 3.05) is 6.61 Å². The predicted octanol–water partition coefficient (Wildman–Crippen LogP) is 1.19. The molecule has 0 aliphatic carbocycles. The Morgan fingerprint density at radius 3 is 3.17 bits per heavy atom. The highest BCUT2D eigenvalue weighted by molar-refractivity contribution is 5.10. The van der Waals surface area contributed by atoms with Crippen molar-refractivity contribution >= 4 is 0 Å². The quantitative estimate of drug-likeness (QED) is 0.693. The second-order valence-corrected chi connectivity index (χ2v) is 3.20. The van der Waals surface area contributed by atoms with E-state index in [1.54, 1.807) is 0 Å².